The van der Waals surface area contributed by atoms with Crippen LogP contribution in [0.2, 0.25) is 0 Å². The number of piperidine rings is 1. The second-order valence-electron chi connectivity index (χ2n) is 5.58. The predicted octanol–water partition coefficient (Wildman–Crippen LogP) is 1.63. The number of ether oxygens (including phenoxy) is 1. The largest absolute Gasteiger partial charge is 0.469 e. The summed E-state index contributed by atoms with van der Waals surface area (Å²) in [5.74, 6) is 1.17. The van der Waals surface area contributed by atoms with Gasteiger partial charge in [-0.1, -0.05) is 0 Å². The summed E-state index contributed by atoms with van der Waals surface area (Å²) in [4.78, 5) is 25.0. The first kappa shape index (κ1) is 13.5. The van der Waals surface area contributed by atoms with E-state index in [9.17, 15) is 9.59 Å². The zero-order valence-electron chi connectivity index (χ0n) is 11.2. The molecule has 2 aliphatic rings. The lowest BCUT2D eigenvalue weighted by Crippen LogP contribution is -2.38. The van der Waals surface area contributed by atoms with Crippen LogP contribution in [0.4, 0.5) is 0 Å². The van der Waals surface area contributed by atoms with E-state index in [2.05, 4.69) is 4.90 Å². The lowest BCUT2D eigenvalue weighted by atomic mass is 9.81. The van der Waals surface area contributed by atoms with E-state index in [1.807, 2.05) is 0 Å². The van der Waals surface area contributed by atoms with Gasteiger partial charge in [0.2, 0.25) is 0 Å². The Balaban J connectivity index is 1.70. The molecule has 0 aromatic rings. The molecule has 1 aliphatic carbocycles. The number of methoxy groups -OCH3 is 1. The van der Waals surface area contributed by atoms with E-state index in [4.69, 9.17) is 4.74 Å². The fourth-order valence-corrected chi connectivity index (χ4v) is 3.10. The molecule has 18 heavy (non-hydrogen) atoms. The third-order valence-electron chi connectivity index (χ3n) is 4.31. The fraction of sp³-hybridized carbons (Fsp3) is 0.857. The van der Waals surface area contributed by atoms with Crippen molar-refractivity contribution in [3.63, 3.8) is 0 Å². The monoisotopic (exact) mass is 253 g/mol. The lowest BCUT2D eigenvalue weighted by molar-refractivity contribution is -0.146. The van der Waals surface area contributed by atoms with Crippen LogP contribution in [0.1, 0.15) is 38.5 Å². The molecule has 0 unspecified atom stereocenters. The van der Waals surface area contributed by atoms with Gasteiger partial charge in [0.05, 0.1) is 13.0 Å². The maximum atomic E-state index is 11.4. The van der Waals surface area contributed by atoms with Crippen LogP contribution in [0.15, 0.2) is 0 Å². The van der Waals surface area contributed by atoms with E-state index in [0.717, 1.165) is 58.2 Å². The van der Waals surface area contributed by atoms with Crippen LogP contribution in [-0.4, -0.2) is 43.4 Å². The standard InChI is InChI=1S/C14H23NO3/c1-18-14(17)12-4-2-11(3-5-12)10-15-8-6-13(16)7-9-15/h11-12H,2-10H2,1H3. The first-order chi connectivity index (χ1) is 8.69. The summed E-state index contributed by atoms with van der Waals surface area (Å²) in [6.45, 7) is 2.95. The molecule has 1 saturated carbocycles. The van der Waals surface area contributed by atoms with Gasteiger partial charge in [-0.25, -0.2) is 0 Å². The maximum absolute atomic E-state index is 11.4. The van der Waals surface area contributed by atoms with Crippen LogP contribution in [0.3, 0.4) is 0 Å². The van der Waals surface area contributed by atoms with Gasteiger partial charge in [0.1, 0.15) is 5.78 Å². The second kappa shape index (κ2) is 6.32. The maximum Gasteiger partial charge on any atom is 0.308 e. The molecule has 1 aliphatic heterocycles. The zero-order valence-corrected chi connectivity index (χ0v) is 11.2. The Kier molecular flexibility index (Phi) is 4.75. The van der Waals surface area contributed by atoms with Crippen molar-refractivity contribution in [2.24, 2.45) is 11.8 Å². The number of nitrogens with zero attached hydrogens (tertiary/aromatic N) is 1. The summed E-state index contributed by atoms with van der Waals surface area (Å²) in [6.07, 6.45) is 5.59. The fourth-order valence-electron chi connectivity index (χ4n) is 3.10. The normalized spacial score (nSPS) is 30.2. The zero-order chi connectivity index (χ0) is 13.0. The van der Waals surface area contributed by atoms with Crippen molar-refractivity contribution in [3.05, 3.63) is 0 Å². The average Bonchev–Trinajstić information content (AvgIpc) is 2.41. The molecule has 0 atom stereocenters. The van der Waals surface area contributed by atoms with Crippen molar-refractivity contribution in [2.75, 3.05) is 26.7 Å². The number of carbonyl (C=O) groups is 2. The number of esters is 1. The van der Waals surface area contributed by atoms with Crippen molar-refractivity contribution in [3.8, 4) is 0 Å². The highest BCUT2D eigenvalue weighted by atomic mass is 16.5. The van der Waals surface area contributed by atoms with Gasteiger partial charge in [-0.2, -0.15) is 0 Å². The Bertz CT molecular complexity index is 298. The Morgan fingerprint density at radius 1 is 1.22 bits per heavy atom. The van der Waals surface area contributed by atoms with Crippen LogP contribution in [0, 0.1) is 11.8 Å². The number of hydrogen-bond acceptors (Lipinski definition) is 4. The van der Waals surface area contributed by atoms with Gasteiger partial charge in [0, 0.05) is 32.5 Å². The van der Waals surface area contributed by atoms with Gasteiger partial charge in [0.15, 0.2) is 0 Å². The van der Waals surface area contributed by atoms with Crippen molar-refractivity contribution in [2.45, 2.75) is 38.5 Å². The summed E-state index contributed by atoms with van der Waals surface area (Å²) in [7, 11) is 1.47. The van der Waals surface area contributed by atoms with E-state index in [-0.39, 0.29) is 11.9 Å². The van der Waals surface area contributed by atoms with Crippen LogP contribution in [-0.2, 0) is 14.3 Å². The van der Waals surface area contributed by atoms with E-state index in [1.54, 1.807) is 0 Å². The topological polar surface area (TPSA) is 46.6 Å². The molecule has 0 amide bonds. The second-order valence-corrected chi connectivity index (χ2v) is 5.58. The molecular weight excluding hydrogens is 230 g/mol. The summed E-state index contributed by atoms with van der Waals surface area (Å²) in [6, 6.07) is 0. The highest BCUT2D eigenvalue weighted by Crippen LogP contribution is 2.30. The number of ketones is 1. The molecule has 0 spiro atoms. The molecule has 0 aromatic carbocycles. The number of hydrogen-bond donors (Lipinski definition) is 0. The third-order valence-corrected chi connectivity index (χ3v) is 4.31. The molecule has 4 heteroatoms. The van der Waals surface area contributed by atoms with Gasteiger partial charge < -0.3 is 9.64 Å². The number of likely N-dealkylation sites (tertiary alicyclic amines) is 1. The van der Waals surface area contributed by atoms with E-state index in [1.165, 1.54) is 7.11 Å². The lowest BCUT2D eigenvalue weighted by Gasteiger charge is -2.33. The smallest absolute Gasteiger partial charge is 0.308 e. The SMILES string of the molecule is COC(=O)C1CCC(CN2CCC(=O)CC2)CC1. The summed E-state index contributed by atoms with van der Waals surface area (Å²) < 4.78 is 4.80. The minimum atomic E-state index is -0.0444. The number of carbonyl (C=O) groups excluding carboxylic acids is 2. The van der Waals surface area contributed by atoms with Gasteiger partial charge in [-0.15, -0.1) is 0 Å². The molecule has 1 saturated heterocycles. The molecule has 102 valence electrons. The van der Waals surface area contributed by atoms with Gasteiger partial charge in [-0.3, -0.25) is 9.59 Å². The molecular formula is C14H23NO3. The van der Waals surface area contributed by atoms with Gasteiger partial charge in [0.25, 0.3) is 0 Å². The van der Waals surface area contributed by atoms with Crippen molar-refractivity contribution < 1.29 is 14.3 Å². The van der Waals surface area contributed by atoms with Crippen LogP contribution in [0.25, 0.3) is 0 Å². The molecule has 0 radical (unpaired) electrons. The van der Waals surface area contributed by atoms with Gasteiger partial charge >= 0.3 is 5.97 Å². The molecule has 0 bridgehead atoms. The number of rotatable bonds is 3. The minimum absolute atomic E-state index is 0.0444. The van der Waals surface area contributed by atoms with Crippen molar-refractivity contribution in [1.82, 2.24) is 4.90 Å². The third kappa shape index (κ3) is 3.55. The summed E-state index contributed by atoms with van der Waals surface area (Å²) >= 11 is 0. The molecule has 1 heterocycles. The van der Waals surface area contributed by atoms with Crippen molar-refractivity contribution >= 4 is 11.8 Å². The van der Waals surface area contributed by atoms with Crippen molar-refractivity contribution in [1.29, 1.82) is 0 Å². The molecule has 2 rings (SSSR count). The Morgan fingerprint density at radius 2 is 1.83 bits per heavy atom. The minimum Gasteiger partial charge on any atom is -0.469 e. The van der Waals surface area contributed by atoms with Gasteiger partial charge in [-0.05, 0) is 31.6 Å². The summed E-state index contributed by atoms with van der Waals surface area (Å²) in [5, 5.41) is 0. The highest BCUT2D eigenvalue weighted by molar-refractivity contribution is 5.79. The quantitative estimate of drug-likeness (QED) is 0.717. The van der Waals surface area contributed by atoms with Crippen LogP contribution in [0.5, 0.6) is 0 Å². The Labute approximate surface area is 109 Å². The number of Topliss-reactive ketones (excluding diaryl/α,β-unsaturated/α-hetero) is 1. The van der Waals surface area contributed by atoms with E-state index < -0.39 is 0 Å². The van der Waals surface area contributed by atoms with Crippen LogP contribution < -0.4 is 0 Å². The highest BCUT2D eigenvalue weighted by Gasteiger charge is 2.28. The predicted molar refractivity (Wildman–Crippen MR) is 68.1 cm³/mol. The molecule has 4 nitrogen and oxygen atoms in total. The Morgan fingerprint density at radius 3 is 2.39 bits per heavy atom. The average molecular weight is 253 g/mol. The first-order valence-electron chi connectivity index (χ1n) is 7.01. The Hall–Kier alpha value is -0.900. The molecule has 2 fully saturated rings. The molecule has 0 aromatic heterocycles. The first-order valence-corrected chi connectivity index (χ1v) is 7.01. The van der Waals surface area contributed by atoms with Crippen LogP contribution >= 0.6 is 0 Å². The van der Waals surface area contributed by atoms with E-state index >= 15 is 0 Å². The van der Waals surface area contributed by atoms with E-state index in [0.29, 0.717) is 11.7 Å². The summed E-state index contributed by atoms with van der Waals surface area (Å²) in [5.41, 5.74) is 0. The molecule has 0 N–H and O–H groups in total.